The van der Waals surface area contributed by atoms with Crippen molar-refractivity contribution in [1.82, 2.24) is 4.90 Å². The number of rotatable bonds is 6. The first-order chi connectivity index (χ1) is 6.65. The minimum Gasteiger partial charge on any atom is -0.481 e. The molecule has 1 N–H and O–H groups in total. The first-order valence-corrected chi connectivity index (χ1v) is 4.76. The zero-order chi connectivity index (χ0) is 10.6. The zero-order valence-electron chi connectivity index (χ0n) is 8.11. The standard InChI is InChI=1S/C10H15NO3/c1-2-6-11(7-5-9(12)13)10(14)8-3-4-8/h2,8H,1,3-7H2,(H,12,13). The molecule has 1 rings (SSSR count). The molecule has 0 bridgehead atoms. The summed E-state index contributed by atoms with van der Waals surface area (Å²) in [6.45, 7) is 4.28. The van der Waals surface area contributed by atoms with Crippen molar-refractivity contribution in [2.45, 2.75) is 19.3 Å². The summed E-state index contributed by atoms with van der Waals surface area (Å²) < 4.78 is 0. The molecule has 0 atom stereocenters. The number of nitrogens with zero attached hydrogens (tertiary/aromatic N) is 1. The van der Waals surface area contributed by atoms with Gasteiger partial charge in [0.1, 0.15) is 0 Å². The third-order valence-electron chi connectivity index (χ3n) is 2.18. The van der Waals surface area contributed by atoms with Crippen LogP contribution in [0.15, 0.2) is 12.7 Å². The number of hydrogen-bond donors (Lipinski definition) is 1. The lowest BCUT2D eigenvalue weighted by atomic mass is 10.3. The van der Waals surface area contributed by atoms with Crippen LogP contribution in [0.5, 0.6) is 0 Å². The highest BCUT2D eigenvalue weighted by atomic mass is 16.4. The lowest BCUT2D eigenvalue weighted by molar-refractivity contribution is -0.138. The normalized spacial score (nSPS) is 14.9. The fraction of sp³-hybridized carbons (Fsp3) is 0.600. The fourth-order valence-corrected chi connectivity index (χ4v) is 1.27. The van der Waals surface area contributed by atoms with Crippen LogP contribution in [-0.2, 0) is 9.59 Å². The van der Waals surface area contributed by atoms with Crippen LogP contribution in [0, 0.1) is 5.92 Å². The molecule has 0 aromatic heterocycles. The minimum atomic E-state index is -0.873. The SMILES string of the molecule is C=CCN(CCC(=O)O)C(=O)C1CC1. The first kappa shape index (κ1) is 10.8. The number of carbonyl (C=O) groups is 2. The van der Waals surface area contributed by atoms with Crippen LogP contribution in [0.3, 0.4) is 0 Å². The predicted molar refractivity (Wildman–Crippen MR) is 51.8 cm³/mol. The second-order valence-corrected chi connectivity index (χ2v) is 3.49. The van der Waals surface area contributed by atoms with Crippen LogP contribution in [0.4, 0.5) is 0 Å². The molecule has 0 saturated heterocycles. The van der Waals surface area contributed by atoms with Crippen LogP contribution in [0.1, 0.15) is 19.3 Å². The smallest absolute Gasteiger partial charge is 0.305 e. The average Bonchev–Trinajstić information content (AvgIpc) is 2.93. The summed E-state index contributed by atoms with van der Waals surface area (Å²) in [4.78, 5) is 23.5. The number of carboxylic acid groups (broad SMARTS) is 1. The Balaban J connectivity index is 2.40. The van der Waals surface area contributed by atoms with Crippen molar-refractivity contribution in [3.63, 3.8) is 0 Å². The van der Waals surface area contributed by atoms with E-state index in [1.807, 2.05) is 0 Å². The lowest BCUT2D eigenvalue weighted by Crippen LogP contribution is -2.34. The molecule has 1 aliphatic carbocycles. The molecule has 4 nitrogen and oxygen atoms in total. The van der Waals surface area contributed by atoms with Gasteiger partial charge in [0.05, 0.1) is 6.42 Å². The van der Waals surface area contributed by atoms with Crippen molar-refractivity contribution in [1.29, 1.82) is 0 Å². The average molecular weight is 197 g/mol. The van der Waals surface area contributed by atoms with Crippen molar-refractivity contribution in [3.05, 3.63) is 12.7 Å². The van der Waals surface area contributed by atoms with Gasteiger partial charge in [-0.1, -0.05) is 6.08 Å². The third kappa shape index (κ3) is 3.20. The largest absolute Gasteiger partial charge is 0.481 e. The van der Waals surface area contributed by atoms with Gasteiger partial charge in [0.2, 0.25) is 5.91 Å². The third-order valence-corrected chi connectivity index (χ3v) is 2.18. The van der Waals surface area contributed by atoms with Crippen molar-refractivity contribution >= 4 is 11.9 Å². The molecule has 14 heavy (non-hydrogen) atoms. The fourth-order valence-electron chi connectivity index (χ4n) is 1.27. The second kappa shape index (κ2) is 4.79. The van der Waals surface area contributed by atoms with Gasteiger partial charge < -0.3 is 10.0 Å². The summed E-state index contributed by atoms with van der Waals surface area (Å²) in [6.07, 6.45) is 3.52. The van der Waals surface area contributed by atoms with Crippen molar-refractivity contribution in [2.24, 2.45) is 5.92 Å². The molecule has 1 saturated carbocycles. The number of amides is 1. The van der Waals surface area contributed by atoms with Crippen molar-refractivity contribution in [2.75, 3.05) is 13.1 Å². The maximum atomic E-state index is 11.6. The van der Waals surface area contributed by atoms with E-state index in [1.54, 1.807) is 11.0 Å². The Kier molecular flexibility index (Phi) is 3.68. The Hall–Kier alpha value is -1.32. The summed E-state index contributed by atoms with van der Waals surface area (Å²) in [5.41, 5.74) is 0. The first-order valence-electron chi connectivity index (χ1n) is 4.76. The molecule has 0 aromatic rings. The molecule has 0 unspecified atom stereocenters. The molecule has 0 spiro atoms. The lowest BCUT2D eigenvalue weighted by Gasteiger charge is -2.19. The zero-order valence-corrected chi connectivity index (χ0v) is 8.11. The van der Waals surface area contributed by atoms with E-state index in [2.05, 4.69) is 6.58 Å². The van der Waals surface area contributed by atoms with E-state index < -0.39 is 5.97 Å². The number of aliphatic carboxylic acids is 1. The van der Waals surface area contributed by atoms with Crippen LogP contribution in [-0.4, -0.2) is 35.0 Å². The molecule has 0 aliphatic heterocycles. The maximum absolute atomic E-state index is 11.6. The van der Waals surface area contributed by atoms with E-state index in [9.17, 15) is 9.59 Å². The highest BCUT2D eigenvalue weighted by Crippen LogP contribution is 2.30. The quantitative estimate of drug-likeness (QED) is 0.643. The van der Waals surface area contributed by atoms with Gasteiger partial charge in [-0.05, 0) is 12.8 Å². The number of carbonyl (C=O) groups excluding carboxylic acids is 1. The summed E-state index contributed by atoms with van der Waals surface area (Å²) in [5, 5.41) is 8.50. The van der Waals surface area contributed by atoms with Crippen LogP contribution in [0.25, 0.3) is 0 Å². The molecule has 1 aliphatic rings. The van der Waals surface area contributed by atoms with Gasteiger partial charge in [-0.15, -0.1) is 6.58 Å². The van der Waals surface area contributed by atoms with E-state index in [1.165, 1.54) is 0 Å². The molecular weight excluding hydrogens is 182 g/mol. The molecular formula is C10H15NO3. The molecule has 1 amide bonds. The molecule has 4 heteroatoms. The van der Waals surface area contributed by atoms with E-state index in [-0.39, 0.29) is 24.8 Å². The highest BCUT2D eigenvalue weighted by molar-refractivity contribution is 5.81. The van der Waals surface area contributed by atoms with Gasteiger partial charge in [-0.3, -0.25) is 9.59 Å². The minimum absolute atomic E-state index is 0.00625. The van der Waals surface area contributed by atoms with Gasteiger partial charge in [0.15, 0.2) is 0 Å². The molecule has 0 aromatic carbocycles. The Morgan fingerprint density at radius 2 is 2.14 bits per heavy atom. The monoisotopic (exact) mass is 197 g/mol. The van der Waals surface area contributed by atoms with Gasteiger partial charge in [-0.2, -0.15) is 0 Å². The molecule has 0 radical (unpaired) electrons. The van der Waals surface area contributed by atoms with Gasteiger partial charge in [-0.25, -0.2) is 0 Å². The summed E-state index contributed by atoms with van der Waals surface area (Å²) in [7, 11) is 0. The van der Waals surface area contributed by atoms with Gasteiger partial charge in [0.25, 0.3) is 0 Å². The Labute approximate surface area is 83.2 Å². The van der Waals surface area contributed by atoms with Gasteiger partial charge >= 0.3 is 5.97 Å². The van der Waals surface area contributed by atoms with Crippen LogP contribution >= 0.6 is 0 Å². The Bertz CT molecular complexity index is 246. The summed E-state index contributed by atoms with van der Waals surface area (Å²) in [5.74, 6) is -0.655. The summed E-state index contributed by atoms with van der Waals surface area (Å²) in [6, 6.07) is 0. The summed E-state index contributed by atoms with van der Waals surface area (Å²) >= 11 is 0. The van der Waals surface area contributed by atoms with E-state index in [4.69, 9.17) is 5.11 Å². The number of hydrogen-bond acceptors (Lipinski definition) is 2. The maximum Gasteiger partial charge on any atom is 0.305 e. The van der Waals surface area contributed by atoms with E-state index in [0.717, 1.165) is 12.8 Å². The van der Waals surface area contributed by atoms with Crippen LogP contribution < -0.4 is 0 Å². The van der Waals surface area contributed by atoms with Crippen molar-refractivity contribution < 1.29 is 14.7 Å². The van der Waals surface area contributed by atoms with Crippen molar-refractivity contribution in [3.8, 4) is 0 Å². The number of carboxylic acids is 1. The molecule has 78 valence electrons. The Morgan fingerprint density at radius 3 is 2.57 bits per heavy atom. The predicted octanol–water partition coefficient (Wildman–Crippen LogP) is 0.886. The van der Waals surface area contributed by atoms with E-state index in [0.29, 0.717) is 6.54 Å². The highest BCUT2D eigenvalue weighted by Gasteiger charge is 2.32. The second-order valence-electron chi connectivity index (χ2n) is 3.49. The van der Waals surface area contributed by atoms with E-state index >= 15 is 0 Å². The topological polar surface area (TPSA) is 57.6 Å². The molecule has 0 heterocycles. The van der Waals surface area contributed by atoms with Crippen LogP contribution in [0.2, 0.25) is 0 Å². The Morgan fingerprint density at radius 1 is 1.50 bits per heavy atom. The van der Waals surface area contributed by atoms with Gasteiger partial charge in [0, 0.05) is 19.0 Å². The molecule has 1 fully saturated rings.